The quantitative estimate of drug-likeness (QED) is 0.828. The van der Waals surface area contributed by atoms with Crippen LogP contribution < -0.4 is 10.1 Å². The van der Waals surface area contributed by atoms with Crippen LogP contribution >= 0.6 is 0 Å². The molecule has 1 aliphatic carbocycles. The average molecular weight is 370 g/mol. The summed E-state index contributed by atoms with van der Waals surface area (Å²) in [5.74, 6) is 1.14. The lowest BCUT2D eigenvalue weighted by Gasteiger charge is -2.38. The van der Waals surface area contributed by atoms with E-state index in [9.17, 15) is 9.90 Å². The molecule has 0 bridgehead atoms. The molecule has 1 atom stereocenters. The van der Waals surface area contributed by atoms with Crippen LogP contribution in [0.3, 0.4) is 0 Å². The summed E-state index contributed by atoms with van der Waals surface area (Å²) in [6, 6.07) is 7.86. The van der Waals surface area contributed by atoms with Crippen LogP contribution in [0.15, 0.2) is 36.7 Å². The zero-order valence-corrected chi connectivity index (χ0v) is 15.5. The van der Waals surface area contributed by atoms with E-state index in [0.29, 0.717) is 39.1 Å². The Balaban J connectivity index is 1.41. The van der Waals surface area contributed by atoms with Gasteiger partial charge in [-0.2, -0.15) is 5.10 Å². The summed E-state index contributed by atoms with van der Waals surface area (Å²) in [5.41, 5.74) is 2.10. The summed E-state index contributed by atoms with van der Waals surface area (Å²) < 4.78 is 7.52. The second kappa shape index (κ2) is 7.70. The molecule has 27 heavy (non-hydrogen) atoms. The van der Waals surface area contributed by atoms with E-state index in [2.05, 4.69) is 15.3 Å². The number of aryl methyl sites for hydroxylation is 1. The Labute approximate surface area is 158 Å². The number of carbonyl (C=O) groups is 1. The SMILES string of the molecule is Cn1cc([C@H](NC(=O)CN2CCOc3ccccc3C2)C2CC(O)C2)cn1. The highest BCUT2D eigenvalue weighted by Crippen LogP contribution is 2.38. The van der Waals surface area contributed by atoms with E-state index in [1.54, 1.807) is 10.9 Å². The molecule has 2 heterocycles. The molecule has 2 aliphatic rings. The van der Waals surface area contributed by atoms with Crippen LogP contribution in [0.1, 0.15) is 30.0 Å². The van der Waals surface area contributed by atoms with Crippen molar-refractivity contribution in [3.05, 3.63) is 47.8 Å². The number of nitrogens with zero attached hydrogens (tertiary/aromatic N) is 3. The fourth-order valence-electron chi connectivity index (χ4n) is 3.91. The summed E-state index contributed by atoms with van der Waals surface area (Å²) in [6.45, 7) is 2.31. The van der Waals surface area contributed by atoms with Gasteiger partial charge >= 0.3 is 0 Å². The highest BCUT2D eigenvalue weighted by molar-refractivity contribution is 5.78. The molecular weight excluding hydrogens is 344 g/mol. The smallest absolute Gasteiger partial charge is 0.234 e. The number of benzene rings is 1. The summed E-state index contributed by atoms with van der Waals surface area (Å²) in [5, 5.41) is 17.1. The lowest BCUT2D eigenvalue weighted by Crippen LogP contribution is -2.45. The van der Waals surface area contributed by atoms with Gasteiger partial charge in [-0.3, -0.25) is 14.4 Å². The Morgan fingerprint density at radius 1 is 1.41 bits per heavy atom. The molecule has 0 spiro atoms. The van der Waals surface area contributed by atoms with Gasteiger partial charge in [0.1, 0.15) is 12.4 Å². The normalized spacial score (nSPS) is 23.5. The van der Waals surface area contributed by atoms with Gasteiger partial charge in [-0.15, -0.1) is 0 Å². The second-order valence-electron chi connectivity index (χ2n) is 7.54. The molecule has 7 nitrogen and oxygen atoms in total. The maximum atomic E-state index is 12.8. The fraction of sp³-hybridized carbons (Fsp3) is 0.500. The number of aliphatic hydroxyl groups is 1. The van der Waals surface area contributed by atoms with Gasteiger partial charge < -0.3 is 15.2 Å². The molecular formula is C20H26N4O3. The molecule has 4 rings (SSSR count). The molecule has 1 aromatic heterocycles. The Morgan fingerprint density at radius 3 is 2.96 bits per heavy atom. The molecule has 1 fully saturated rings. The molecule has 0 unspecified atom stereocenters. The Bertz CT molecular complexity index is 800. The molecule has 144 valence electrons. The summed E-state index contributed by atoms with van der Waals surface area (Å²) >= 11 is 0. The molecule has 1 aromatic carbocycles. The zero-order chi connectivity index (χ0) is 18.8. The number of hydrogen-bond donors (Lipinski definition) is 2. The third-order valence-corrected chi connectivity index (χ3v) is 5.42. The number of rotatable bonds is 5. The minimum absolute atomic E-state index is 0.00961. The lowest BCUT2D eigenvalue weighted by atomic mass is 9.75. The van der Waals surface area contributed by atoms with Gasteiger partial charge in [-0.25, -0.2) is 0 Å². The van der Waals surface area contributed by atoms with Gasteiger partial charge in [-0.1, -0.05) is 18.2 Å². The number of amides is 1. The molecule has 2 N–H and O–H groups in total. The molecule has 0 saturated heterocycles. The molecule has 1 aliphatic heterocycles. The van der Waals surface area contributed by atoms with Crippen LogP contribution in [-0.4, -0.2) is 51.5 Å². The zero-order valence-electron chi connectivity index (χ0n) is 15.5. The predicted molar refractivity (Wildman–Crippen MR) is 100 cm³/mol. The first kappa shape index (κ1) is 18.0. The average Bonchev–Trinajstić information content (AvgIpc) is 2.94. The van der Waals surface area contributed by atoms with Crippen LogP contribution in [-0.2, 0) is 18.4 Å². The van der Waals surface area contributed by atoms with Crippen molar-refractivity contribution in [2.45, 2.75) is 31.5 Å². The van der Waals surface area contributed by atoms with Crippen molar-refractivity contribution in [2.24, 2.45) is 13.0 Å². The largest absolute Gasteiger partial charge is 0.492 e. The summed E-state index contributed by atoms with van der Waals surface area (Å²) in [7, 11) is 1.87. The number of hydrogen-bond acceptors (Lipinski definition) is 5. The molecule has 2 aromatic rings. The Morgan fingerprint density at radius 2 is 2.22 bits per heavy atom. The van der Waals surface area contributed by atoms with Gasteiger partial charge in [-0.05, 0) is 24.8 Å². The number of aliphatic hydroxyl groups excluding tert-OH is 1. The Hall–Kier alpha value is -2.38. The topological polar surface area (TPSA) is 79.6 Å². The van der Waals surface area contributed by atoms with Crippen LogP contribution in [0, 0.1) is 5.92 Å². The van der Waals surface area contributed by atoms with Crippen LogP contribution in [0.4, 0.5) is 0 Å². The highest BCUT2D eigenvalue weighted by Gasteiger charge is 2.36. The highest BCUT2D eigenvalue weighted by atomic mass is 16.5. The van der Waals surface area contributed by atoms with E-state index < -0.39 is 0 Å². The van der Waals surface area contributed by atoms with E-state index >= 15 is 0 Å². The minimum atomic E-state index is -0.259. The number of para-hydroxylation sites is 1. The van der Waals surface area contributed by atoms with Crippen molar-refractivity contribution in [3.63, 3.8) is 0 Å². The van der Waals surface area contributed by atoms with Crippen molar-refractivity contribution in [1.82, 2.24) is 20.0 Å². The minimum Gasteiger partial charge on any atom is -0.492 e. The number of nitrogens with one attached hydrogen (secondary N) is 1. The Kier molecular flexibility index (Phi) is 5.13. The van der Waals surface area contributed by atoms with Crippen molar-refractivity contribution in [2.75, 3.05) is 19.7 Å². The summed E-state index contributed by atoms with van der Waals surface area (Å²) in [4.78, 5) is 14.9. The van der Waals surface area contributed by atoms with Gasteiger partial charge in [0.2, 0.25) is 5.91 Å². The first-order chi connectivity index (χ1) is 13.1. The van der Waals surface area contributed by atoms with Crippen molar-refractivity contribution in [3.8, 4) is 5.75 Å². The van der Waals surface area contributed by atoms with Crippen LogP contribution in [0.2, 0.25) is 0 Å². The molecule has 0 radical (unpaired) electrons. The molecule has 1 saturated carbocycles. The number of carbonyl (C=O) groups excluding carboxylic acids is 1. The maximum absolute atomic E-state index is 12.8. The molecule has 1 amide bonds. The van der Waals surface area contributed by atoms with Gasteiger partial charge in [0.05, 0.1) is 24.9 Å². The third kappa shape index (κ3) is 4.14. The first-order valence-corrected chi connectivity index (χ1v) is 9.47. The van der Waals surface area contributed by atoms with Gasteiger partial charge in [0.25, 0.3) is 0 Å². The lowest BCUT2D eigenvalue weighted by molar-refractivity contribution is -0.124. The third-order valence-electron chi connectivity index (χ3n) is 5.42. The second-order valence-corrected chi connectivity index (χ2v) is 7.54. The van der Waals surface area contributed by atoms with E-state index in [1.165, 1.54) is 0 Å². The van der Waals surface area contributed by atoms with Crippen LogP contribution in [0.5, 0.6) is 5.75 Å². The first-order valence-electron chi connectivity index (χ1n) is 9.47. The van der Waals surface area contributed by atoms with Crippen LogP contribution in [0.25, 0.3) is 0 Å². The standard InChI is InChI=1S/C20H26N4O3/c1-23-11-16(10-21-23)20(15-8-17(25)9-15)22-19(26)13-24-6-7-27-18-5-3-2-4-14(18)12-24/h2-5,10-11,15,17,20,25H,6-9,12-13H2,1H3,(H,22,26)/t15?,17?,20-/m1/s1. The monoisotopic (exact) mass is 370 g/mol. The maximum Gasteiger partial charge on any atom is 0.234 e. The van der Waals surface area contributed by atoms with E-state index in [0.717, 1.165) is 16.9 Å². The van der Waals surface area contributed by atoms with E-state index in [1.807, 2.05) is 37.5 Å². The van der Waals surface area contributed by atoms with Crippen molar-refractivity contribution in [1.29, 1.82) is 0 Å². The summed E-state index contributed by atoms with van der Waals surface area (Å²) in [6.07, 6.45) is 4.90. The number of fused-ring (bicyclic) bond motifs is 1. The van der Waals surface area contributed by atoms with Gasteiger partial charge in [0, 0.05) is 37.5 Å². The van der Waals surface area contributed by atoms with Gasteiger partial charge in [0.15, 0.2) is 0 Å². The number of ether oxygens (including phenoxy) is 1. The van der Waals surface area contributed by atoms with E-state index in [4.69, 9.17) is 4.74 Å². The van der Waals surface area contributed by atoms with E-state index in [-0.39, 0.29) is 24.0 Å². The van der Waals surface area contributed by atoms with Crippen molar-refractivity contribution >= 4 is 5.91 Å². The molecule has 7 heteroatoms. The van der Waals surface area contributed by atoms with Crippen molar-refractivity contribution < 1.29 is 14.6 Å². The number of aromatic nitrogens is 2. The fourth-order valence-corrected chi connectivity index (χ4v) is 3.91. The predicted octanol–water partition coefficient (Wildman–Crippen LogP) is 1.24.